The van der Waals surface area contributed by atoms with Gasteiger partial charge in [0.25, 0.3) is 5.91 Å². The molecule has 2 aliphatic heterocycles. The summed E-state index contributed by atoms with van der Waals surface area (Å²) in [6.07, 6.45) is 1.89. The lowest BCUT2D eigenvalue weighted by molar-refractivity contribution is -0.160. The van der Waals surface area contributed by atoms with Crippen molar-refractivity contribution in [1.82, 2.24) is 24.8 Å². The molecule has 5 rings (SSSR count). The molecule has 0 radical (unpaired) electrons. The lowest BCUT2D eigenvalue weighted by Gasteiger charge is -2.28. The number of aliphatic carboxylic acids is 1. The van der Waals surface area contributed by atoms with Crippen molar-refractivity contribution in [3.8, 4) is 17.0 Å². The Morgan fingerprint density at radius 3 is 2.65 bits per heavy atom. The number of hydrogen-bond donors (Lipinski definition) is 2. The molecule has 1 unspecified atom stereocenters. The van der Waals surface area contributed by atoms with Gasteiger partial charge in [-0.1, -0.05) is 0 Å². The van der Waals surface area contributed by atoms with Crippen LogP contribution in [0.1, 0.15) is 85.4 Å². The summed E-state index contributed by atoms with van der Waals surface area (Å²) < 4.78 is 28.6. The van der Waals surface area contributed by atoms with E-state index in [4.69, 9.17) is 9.47 Å². The molecule has 0 bridgehead atoms. The first-order valence-corrected chi connectivity index (χ1v) is 14.7. The molecular weight excluding hydrogens is 557 g/mol. The number of ether oxygens (including phenoxy) is 2. The Labute approximate surface area is 249 Å². The van der Waals surface area contributed by atoms with E-state index < -0.39 is 29.4 Å². The molecule has 2 amide bonds. The highest BCUT2D eigenvalue weighted by Gasteiger charge is 2.35. The van der Waals surface area contributed by atoms with Gasteiger partial charge in [-0.15, -0.1) is 0 Å². The molecule has 2 aliphatic rings. The number of hydrogen-bond acceptors (Lipinski definition) is 7. The number of carboxylic acid groups (broad SMARTS) is 1. The Kier molecular flexibility index (Phi) is 8.42. The number of aryl methyl sites for hydroxylation is 1. The second-order valence-electron chi connectivity index (χ2n) is 12.1. The van der Waals surface area contributed by atoms with Crippen molar-refractivity contribution in [1.29, 1.82) is 0 Å². The minimum atomic E-state index is -1.45. The fraction of sp³-hybridized carbons (Fsp3) is 0.516. The number of rotatable bonds is 9. The number of aromatic nitrogens is 3. The molecule has 2 aromatic heterocycles. The zero-order chi connectivity index (χ0) is 31.1. The predicted octanol–water partition coefficient (Wildman–Crippen LogP) is 4.16. The number of carboxylic acids is 1. The van der Waals surface area contributed by atoms with E-state index in [1.54, 1.807) is 32.6 Å². The zero-order valence-corrected chi connectivity index (χ0v) is 25.3. The normalized spacial score (nSPS) is 15.9. The standard InChI is InChI=1S/C31H38FN5O6/c1-17-19-9-7-14-42-27(19)21(32)15-20(17)26-25(28(30(40)41)43-31(3,4)5)18(2)34-23-16-22(35-37(23)26)29(39)33-11-8-13-36-12-6-10-24(36)38/h15-16,28H,6-14H2,1-5H3,(H,33,39)(H,40,41). The van der Waals surface area contributed by atoms with E-state index in [9.17, 15) is 19.5 Å². The van der Waals surface area contributed by atoms with E-state index in [1.807, 2.05) is 6.92 Å². The largest absolute Gasteiger partial charge is 0.490 e. The summed E-state index contributed by atoms with van der Waals surface area (Å²) >= 11 is 0. The van der Waals surface area contributed by atoms with Crippen molar-refractivity contribution < 1.29 is 33.4 Å². The van der Waals surface area contributed by atoms with Crippen molar-refractivity contribution in [2.45, 2.75) is 78.4 Å². The molecule has 43 heavy (non-hydrogen) atoms. The molecular formula is C31H38FN5O6. The van der Waals surface area contributed by atoms with Crippen LogP contribution in [0.4, 0.5) is 4.39 Å². The molecule has 230 valence electrons. The van der Waals surface area contributed by atoms with Crippen LogP contribution in [0.15, 0.2) is 12.1 Å². The smallest absolute Gasteiger partial charge is 0.337 e. The summed E-state index contributed by atoms with van der Waals surface area (Å²) in [5, 5.41) is 17.7. The van der Waals surface area contributed by atoms with E-state index in [2.05, 4.69) is 15.4 Å². The Bertz CT molecular complexity index is 1590. The topological polar surface area (TPSA) is 135 Å². The fourth-order valence-corrected chi connectivity index (χ4v) is 5.81. The van der Waals surface area contributed by atoms with Gasteiger partial charge in [0.05, 0.1) is 17.9 Å². The van der Waals surface area contributed by atoms with Gasteiger partial charge in [-0.2, -0.15) is 5.10 Å². The van der Waals surface area contributed by atoms with E-state index in [-0.39, 0.29) is 28.6 Å². The zero-order valence-electron chi connectivity index (χ0n) is 25.3. The van der Waals surface area contributed by atoms with Crippen LogP contribution in [0.5, 0.6) is 5.75 Å². The second kappa shape index (κ2) is 11.9. The van der Waals surface area contributed by atoms with Gasteiger partial charge in [0.15, 0.2) is 29.0 Å². The van der Waals surface area contributed by atoms with Gasteiger partial charge in [0, 0.05) is 54.5 Å². The monoisotopic (exact) mass is 595 g/mol. The number of carbonyl (C=O) groups is 3. The van der Waals surface area contributed by atoms with E-state index >= 15 is 4.39 Å². The lowest BCUT2D eigenvalue weighted by Crippen LogP contribution is -2.30. The van der Waals surface area contributed by atoms with Crippen molar-refractivity contribution in [2.75, 3.05) is 26.2 Å². The lowest BCUT2D eigenvalue weighted by atomic mass is 9.91. The number of amides is 2. The first-order valence-electron chi connectivity index (χ1n) is 14.7. The first-order chi connectivity index (χ1) is 20.4. The van der Waals surface area contributed by atoms with Gasteiger partial charge < -0.3 is 24.8 Å². The van der Waals surface area contributed by atoms with Crippen molar-refractivity contribution in [3.63, 3.8) is 0 Å². The molecule has 0 spiro atoms. The number of fused-ring (bicyclic) bond motifs is 2. The van der Waals surface area contributed by atoms with Gasteiger partial charge in [-0.05, 0) is 71.9 Å². The van der Waals surface area contributed by atoms with Gasteiger partial charge in [0.2, 0.25) is 5.91 Å². The summed E-state index contributed by atoms with van der Waals surface area (Å²) in [6.45, 7) is 10.8. The van der Waals surface area contributed by atoms with Crippen molar-refractivity contribution >= 4 is 23.4 Å². The third-order valence-corrected chi connectivity index (χ3v) is 7.77. The highest BCUT2D eigenvalue weighted by Crippen LogP contribution is 2.41. The number of benzene rings is 1. The molecule has 11 nitrogen and oxygen atoms in total. The summed E-state index contributed by atoms with van der Waals surface area (Å²) in [7, 11) is 0. The van der Waals surface area contributed by atoms with Crippen LogP contribution in [-0.2, 0) is 20.7 Å². The molecule has 1 atom stereocenters. The molecule has 1 aromatic carbocycles. The van der Waals surface area contributed by atoms with Gasteiger partial charge in [-0.3, -0.25) is 9.59 Å². The Hall–Kier alpha value is -4.06. The summed E-state index contributed by atoms with van der Waals surface area (Å²) in [5.74, 6) is -1.90. The predicted molar refractivity (Wildman–Crippen MR) is 156 cm³/mol. The van der Waals surface area contributed by atoms with Crippen LogP contribution < -0.4 is 10.1 Å². The van der Waals surface area contributed by atoms with Gasteiger partial charge in [0.1, 0.15) is 0 Å². The molecule has 1 saturated heterocycles. The SMILES string of the molecule is Cc1nc2cc(C(=O)NCCCN3CCCC3=O)nn2c(-c2cc(F)c3c(c2C)CCCO3)c1C(OC(C)(C)C)C(=O)O. The maximum Gasteiger partial charge on any atom is 0.337 e. The Balaban J connectivity index is 1.59. The van der Waals surface area contributed by atoms with Gasteiger partial charge >= 0.3 is 5.97 Å². The molecule has 0 saturated carbocycles. The first kappa shape index (κ1) is 30.4. The molecule has 0 aliphatic carbocycles. The number of likely N-dealkylation sites (tertiary alicyclic amines) is 1. The third kappa shape index (κ3) is 6.20. The van der Waals surface area contributed by atoms with Crippen molar-refractivity contribution in [2.24, 2.45) is 0 Å². The van der Waals surface area contributed by atoms with Gasteiger partial charge in [-0.25, -0.2) is 18.7 Å². The van der Waals surface area contributed by atoms with Crippen LogP contribution in [-0.4, -0.2) is 74.2 Å². The number of nitrogens with zero attached hydrogens (tertiary/aromatic N) is 4. The number of halogens is 1. The van der Waals surface area contributed by atoms with Crippen LogP contribution in [0.2, 0.25) is 0 Å². The minimum Gasteiger partial charge on any atom is -0.490 e. The second-order valence-corrected chi connectivity index (χ2v) is 12.1. The highest BCUT2D eigenvalue weighted by molar-refractivity contribution is 5.93. The molecule has 2 N–H and O–H groups in total. The maximum atomic E-state index is 15.5. The maximum absolute atomic E-state index is 15.5. The van der Waals surface area contributed by atoms with E-state index in [1.165, 1.54) is 16.6 Å². The Morgan fingerprint density at radius 2 is 1.98 bits per heavy atom. The van der Waals surface area contributed by atoms with Crippen molar-refractivity contribution in [3.05, 3.63) is 46.0 Å². The summed E-state index contributed by atoms with van der Waals surface area (Å²) in [4.78, 5) is 44.1. The average molecular weight is 596 g/mol. The minimum absolute atomic E-state index is 0.0746. The number of nitrogens with one attached hydrogen (secondary N) is 1. The quantitative estimate of drug-likeness (QED) is 0.352. The molecule has 12 heteroatoms. The van der Waals surface area contributed by atoms with E-state index in [0.717, 1.165) is 24.9 Å². The average Bonchev–Trinajstić information content (AvgIpc) is 3.56. The summed E-state index contributed by atoms with van der Waals surface area (Å²) in [5.41, 5.74) is 2.26. The Morgan fingerprint density at radius 1 is 1.21 bits per heavy atom. The fourth-order valence-electron chi connectivity index (χ4n) is 5.81. The molecule has 4 heterocycles. The third-order valence-electron chi connectivity index (χ3n) is 7.77. The highest BCUT2D eigenvalue weighted by atomic mass is 19.1. The molecule has 1 fully saturated rings. The van der Waals surface area contributed by atoms with Crippen LogP contribution in [0.25, 0.3) is 16.9 Å². The summed E-state index contributed by atoms with van der Waals surface area (Å²) in [6, 6.07) is 2.85. The van der Waals surface area contributed by atoms with Crippen LogP contribution in [0, 0.1) is 19.7 Å². The van der Waals surface area contributed by atoms with E-state index in [0.29, 0.717) is 61.4 Å². The van der Waals surface area contributed by atoms with Crippen LogP contribution >= 0.6 is 0 Å². The number of carbonyl (C=O) groups excluding carboxylic acids is 2. The van der Waals surface area contributed by atoms with Crippen LogP contribution in [0.3, 0.4) is 0 Å². The molecule has 3 aromatic rings.